The molecule has 0 aliphatic heterocycles. The number of anilines is 1. The lowest BCUT2D eigenvalue weighted by Crippen LogP contribution is -2.12. The minimum Gasteiger partial charge on any atom is -0.317 e. The van der Waals surface area contributed by atoms with E-state index in [4.69, 9.17) is 11.6 Å². The van der Waals surface area contributed by atoms with Crippen molar-refractivity contribution in [2.24, 2.45) is 0 Å². The number of halogens is 3. The Morgan fingerprint density at radius 1 is 1.47 bits per heavy atom. The number of carbonyl (C=O) groups is 1. The van der Waals surface area contributed by atoms with Crippen molar-refractivity contribution in [3.05, 3.63) is 38.0 Å². The molecule has 2 rings (SSSR count). The van der Waals surface area contributed by atoms with Gasteiger partial charge < -0.3 is 5.32 Å². The van der Waals surface area contributed by atoms with Gasteiger partial charge in [0.15, 0.2) is 0 Å². The molecule has 0 radical (unpaired) electrons. The van der Waals surface area contributed by atoms with Crippen LogP contribution in [-0.4, -0.2) is 16.1 Å². The van der Waals surface area contributed by atoms with Crippen LogP contribution in [0.15, 0.2) is 22.7 Å². The van der Waals surface area contributed by atoms with Gasteiger partial charge in [-0.05, 0) is 29.8 Å². The van der Waals surface area contributed by atoms with Crippen LogP contribution in [0.4, 0.5) is 10.1 Å². The van der Waals surface area contributed by atoms with E-state index < -0.39 is 11.7 Å². The van der Waals surface area contributed by atoms with Gasteiger partial charge in [0.1, 0.15) is 5.82 Å². The second-order valence-electron chi connectivity index (χ2n) is 2.94. The van der Waals surface area contributed by atoms with Gasteiger partial charge in [0.25, 0.3) is 5.91 Å². The molecule has 2 aromatic rings. The van der Waals surface area contributed by atoms with Gasteiger partial charge in [-0.1, -0.05) is 27.3 Å². The van der Waals surface area contributed by atoms with Gasteiger partial charge >= 0.3 is 0 Å². The van der Waals surface area contributed by atoms with Gasteiger partial charge in [0, 0.05) is 4.47 Å². The smallest absolute Gasteiger partial charge is 0.286 e. The minimum atomic E-state index is -0.546. The Morgan fingerprint density at radius 3 is 2.82 bits per heavy atom. The van der Waals surface area contributed by atoms with Crippen LogP contribution in [-0.2, 0) is 0 Å². The lowest BCUT2D eigenvalue weighted by Gasteiger charge is -2.04. The molecule has 17 heavy (non-hydrogen) atoms. The van der Waals surface area contributed by atoms with Crippen molar-refractivity contribution >= 4 is 50.5 Å². The van der Waals surface area contributed by atoms with Crippen molar-refractivity contribution in [1.29, 1.82) is 0 Å². The summed E-state index contributed by atoms with van der Waals surface area (Å²) in [6.45, 7) is 0. The summed E-state index contributed by atoms with van der Waals surface area (Å²) in [5.74, 6) is -1.08. The maximum Gasteiger partial charge on any atom is 0.286 e. The average Bonchev–Trinajstić information content (AvgIpc) is 2.69. The van der Waals surface area contributed by atoms with Gasteiger partial charge in [-0.25, -0.2) is 4.39 Å². The molecule has 0 saturated heterocycles. The zero-order valence-corrected chi connectivity index (χ0v) is 11.2. The first-order valence-corrected chi connectivity index (χ1v) is 6.30. The van der Waals surface area contributed by atoms with Gasteiger partial charge in [-0.2, -0.15) is 0 Å². The second-order valence-corrected chi connectivity index (χ2v) is 5.41. The number of aromatic nitrogens is 2. The molecule has 0 saturated carbocycles. The van der Waals surface area contributed by atoms with Crippen LogP contribution in [0.3, 0.4) is 0 Å². The van der Waals surface area contributed by atoms with E-state index in [1.54, 1.807) is 6.07 Å². The van der Waals surface area contributed by atoms with E-state index in [1.807, 2.05) is 0 Å². The Labute approximate surface area is 113 Å². The molecule has 0 aliphatic rings. The SMILES string of the molecule is O=C(Nc1ccc(Br)cc1F)c1nnc(Cl)s1. The quantitative estimate of drug-likeness (QED) is 0.915. The predicted octanol–water partition coefficient (Wildman–Crippen LogP) is 3.35. The second kappa shape index (κ2) is 5.07. The van der Waals surface area contributed by atoms with Gasteiger partial charge in [0.2, 0.25) is 9.47 Å². The van der Waals surface area contributed by atoms with Gasteiger partial charge in [0.05, 0.1) is 5.69 Å². The number of hydrogen-bond acceptors (Lipinski definition) is 4. The Hall–Kier alpha value is -1.05. The summed E-state index contributed by atoms with van der Waals surface area (Å²) in [6, 6.07) is 4.31. The van der Waals surface area contributed by atoms with Crippen LogP contribution in [0.1, 0.15) is 9.80 Å². The highest BCUT2D eigenvalue weighted by molar-refractivity contribution is 9.10. The fraction of sp³-hybridized carbons (Fsp3) is 0. The zero-order chi connectivity index (χ0) is 12.4. The molecular weight excluding hydrogens is 333 g/mol. The molecule has 0 fully saturated rings. The summed E-state index contributed by atoms with van der Waals surface area (Å²) >= 11 is 9.59. The molecule has 1 N–H and O–H groups in total. The molecule has 0 spiro atoms. The standard InChI is InChI=1S/C9H4BrClFN3OS/c10-4-1-2-6(5(12)3-4)13-7(16)8-14-15-9(11)17-8/h1-3H,(H,13,16). The molecule has 0 aliphatic carbocycles. The number of hydrogen-bond donors (Lipinski definition) is 1. The first-order chi connectivity index (χ1) is 8.06. The number of nitrogens with one attached hydrogen (secondary N) is 1. The molecule has 88 valence electrons. The van der Waals surface area contributed by atoms with Crippen molar-refractivity contribution in [3.63, 3.8) is 0 Å². The van der Waals surface area contributed by atoms with Crippen LogP contribution in [0.25, 0.3) is 0 Å². The van der Waals surface area contributed by atoms with E-state index >= 15 is 0 Å². The number of benzene rings is 1. The van der Waals surface area contributed by atoms with E-state index in [1.165, 1.54) is 12.1 Å². The first kappa shape index (κ1) is 12.4. The Morgan fingerprint density at radius 2 is 2.24 bits per heavy atom. The molecule has 1 heterocycles. The molecule has 1 amide bonds. The summed E-state index contributed by atoms with van der Waals surface area (Å²) in [5, 5.41) is 9.50. The van der Waals surface area contributed by atoms with Crippen LogP contribution in [0.2, 0.25) is 4.47 Å². The summed E-state index contributed by atoms with van der Waals surface area (Å²) < 4.78 is 14.2. The Bertz CT molecular complexity index is 577. The predicted molar refractivity (Wildman–Crippen MR) is 67.0 cm³/mol. The lowest BCUT2D eigenvalue weighted by molar-refractivity contribution is 0.102. The van der Waals surface area contributed by atoms with Crippen LogP contribution in [0, 0.1) is 5.82 Å². The first-order valence-electron chi connectivity index (χ1n) is 4.31. The third kappa shape index (κ3) is 2.99. The third-order valence-corrected chi connectivity index (χ3v) is 3.28. The maximum atomic E-state index is 13.4. The summed E-state index contributed by atoms with van der Waals surface area (Å²) in [7, 11) is 0. The van der Waals surface area contributed by atoms with Crippen molar-refractivity contribution in [2.75, 3.05) is 5.32 Å². The fourth-order valence-electron chi connectivity index (χ4n) is 1.06. The van der Waals surface area contributed by atoms with Crippen molar-refractivity contribution in [3.8, 4) is 0 Å². The van der Waals surface area contributed by atoms with E-state index in [2.05, 4.69) is 31.4 Å². The number of nitrogens with zero attached hydrogens (tertiary/aromatic N) is 2. The highest BCUT2D eigenvalue weighted by atomic mass is 79.9. The van der Waals surface area contributed by atoms with Gasteiger partial charge in [-0.15, -0.1) is 10.2 Å². The topological polar surface area (TPSA) is 54.9 Å². The lowest BCUT2D eigenvalue weighted by atomic mass is 10.3. The van der Waals surface area contributed by atoms with Crippen LogP contribution in [0.5, 0.6) is 0 Å². The zero-order valence-electron chi connectivity index (χ0n) is 8.08. The maximum absolute atomic E-state index is 13.4. The van der Waals surface area contributed by atoms with Crippen molar-refractivity contribution in [1.82, 2.24) is 10.2 Å². The normalized spacial score (nSPS) is 10.3. The molecule has 0 atom stereocenters. The number of amides is 1. The molecule has 4 nitrogen and oxygen atoms in total. The number of rotatable bonds is 2. The number of carbonyl (C=O) groups excluding carboxylic acids is 1. The Kier molecular flexibility index (Phi) is 3.70. The van der Waals surface area contributed by atoms with Gasteiger partial charge in [-0.3, -0.25) is 4.79 Å². The van der Waals surface area contributed by atoms with E-state index in [0.29, 0.717) is 4.47 Å². The molecule has 0 unspecified atom stereocenters. The summed E-state index contributed by atoms with van der Waals surface area (Å²) in [6.07, 6.45) is 0. The Balaban J connectivity index is 2.18. The average molecular weight is 337 g/mol. The molecular formula is C9H4BrClFN3OS. The fourth-order valence-corrected chi connectivity index (χ4v) is 2.12. The molecule has 1 aromatic heterocycles. The monoisotopic (exact) mass is 335 g/mol. The van der Waals surface area contributed by atoms with E-state index in [9.17, 15) is 9.18 Å². The van der Waals surface area contributed by atoms with E-state index in [0.717, 1.165) is 11.3 Å². The molecule has 8 heteroatoms. The minimum absolute atomic E-state index is 0.0736. The largest absolute Gasteiger partial charge is 0.317 e. The van der Waals surface area contributed by atoms with E-state index in [-0.39, 0.29) is 15.2 Å². The van der Waals surface area contributed by atoms with Crippen molar-refractivity contribution < 1.29 is 9.18 Å². The van der Waals surface area contributed by atoms with Crippen molar-refractivity contribution in [2.45, 2.75) is 0 Å². The van der Waals surface area contributed by atoms with Crippen LogP contribution < -0.4 is 5.32 Å². The highest BCUT2D eigenvalue weighted by Gasteiger charge is 2.14. The highest BCUT2D eigenvalue weighted by Crippen LogP contribution is 2.21. The molecule has 1 aromatic carbocycles. The third-order valence-electron chi connectivity index (χ3n) is 1.77. The molecule has 0 bridgehead atoms. The summed E-state index contributed by atoms with van der Waals surface area (Å²) in [4.78, 5) is 11.6. The van der Waals surface area contributed by atoms with Crippen LogP contribution >= 0.6 is 38.9 Å². The summed E-state index contributed by atoms with van der Waals surface area (Å²) in [5.41, 5.74) is 0.0736.